The first-order chi connectivity index (χ1) is 9.28. The molecule has 3 rings (SSSR count). The Morgan fingerprint density at radius 3 is 3.05 bits per heavy atom. The normalized spacial score (nSPS) is 12.9. The lowest BCUT2D eigenvalue weighted by atomic mass is 10.0. The Kier molecular flexibility index (Phi) is 3.21. The van der Waals surface area contributed by atoms with Crippen molar-refractivity contribution >= 4 is 18.0 Å². The summed E-state index contributed by atoms with van der Waals surface area (Å²) in [6.45, 7) is 0.924. The van der Waals surface area contributed by atoms with Gasteiger partial charge in [0.1, 0.15) is 11.6 Å². The number of nitrogens with one attached hydrogen (secondary N) is 2. The Morgan fingerprint density at radius 1 is 1.37 bits per heavy atom. The van der Waals surface area contributed by atoms with E-state index in [0.29, 0.717) is 4.77 Å². The van der Waals surface area contributed by atoms with E-state index in [1.54, 1.807) is 7.11 Å². The fourth-order valence-electron chi connectivity index (χ4n) is 2.46. The van der Waals surface area contributed by atoms with Crippen LogP contribution in [0.3, 0.4) is 0 Å². The number of H-pyrrole nitrogens is 1. The van der Waals surface area contributed by atoms with E-state index in [1.807, 2.05) is 18.2 Å². The van der Waals surface area contributed by atoms with Crippen molar-refractivity contribution in [3.8, 4) is 5.75 Å². The molecule has 5 heteroatoms. The molecule has 1 aromatic carbocycles. The predicted octanol–water partition coefficient (Wildman–Crippen LogP) is 2.71. The van der Waals surface area contributed by atoms with E-state index in [-0.39, 0.29) is 0 Å². The highest BCUT2D eigenvalue weighted by atomic mass is 32.1. The molecular weight excluding hydrogens is 258 g/mol. The molecule has 1 aliphatic heterocycles. The Labute approximate surface area is 116 Å². The van der Waals surface area contributed by atoms with E-state index in [1.165, 1.54) is 5.56 Å². The summed E-state index contributed by atoms with van der Waals surface area (Å²) in [7, 11) is 1.69. The van der Waals surface area contributed by atoms with E-state index in [2.05, 4.69) is 21.4 Å². The number of aromatic nitrogens is 2. The molecule has 0 bridgehead atoms. The number of ether oxygens (including phenoxy) is 1. The SMILES string of the molecule is COc1ccccc1Cc1[nH]c(=S)nc2c1CCN2. The third kappa shape index (κ3) is 2.33. The first-order valence-corrected chi connectivity index (χ1v) is 6.66. The second-order valence-electron chi connectivity index (χ2n) is 4.51. The highest BCUT2D eigenvalue weighted by Gasteiger charge is 2.17. The van der Waals surface area contributed by atoms with Gasteiger partial charge < -0.3 is 15.0 Å². The Balaban J connectivity index is 2.02. The molecule has 0 amide bonds. The quantitative estimate of drug-likeness (QED) is 0.844. The Bertz CT molecular complexity index is 666. The van der Waals surface area contributed by atoms with Crippen molar-refractivity contribution < 1.29 is 4.74 Å². The molecular formula is C14H15N3OS. The molecule has 0 unspecified atom stereocenters. The molecule has 19 heavy (non-hydrogen) atoms. The molecule has 0 atom stereocenters. The van der Waals surface area contributed by atoms with Crippen molar-refractivity contribution in [2.24, 2.45) is 0 Å². The van der Waals surface area contributed by atoms with Gasteiger partial charge >= 0.3 is 0 Å². The van der Waals surface area contributed by atoms with Crippen molar-refractivity contribution in [2.45, 2.75) is 12.8 Å². The van der Waals surface area contributed by atoms with Crippen LogP contribution in [0.25, 0.3) is 0 Å². The lowest BCUT2D eigenvalue weighted by Crippen LogP contribution is -2.02. The number of methoxy groups -OCH3 is 1. The molecule has 0 saturated carbocycles. The molecule has 4 nitrogen and oxygen atoms in total. The first kappa shape index (κ1) is 12.2. The number of nitrogens with zero attached hydrogens (tertiary/aromatic N) is 1. The Hall–Kier alpha value is -1.88. The molecule has 0 spiro atoms. The fourth-order valence-corrected chi connectivity index (χ4v) is 2.67. The number of hydrogen-bond acceptors (Lipinski definition) is 4. The number of anilines is 1. The van der Waals surface area contributed by atoms with Gasteiger partial charge in [0.15, 0.2) is 4.77 Å². The van der Waals surface area contributed by atoms with Gasteiger partial charge in [0.2, 0.25) is 0 Å². The standard InChI is InChI=1S/C14H15N3OS/c1-18-12-5-3-2-4-9(12)8-11-10-6-7-15-13(10)17-14(19)16-11/h2-5H,6-8H2,1H3,(H2,15,16,17,19). The summed E-state index contributed by atoms with van der Waals surface area (Å²) in [6, 6.07) is 8.05. The van der Waals surface area contributed by atoms with Crippen molar-refractivity contribution in [1.29, 1.82) is 0 Å². The maximum atomic E-state index is 5.40. The third-order valence-corrected chi connectivity index (χ3v) is 3.54. The molecule has 98 valence electrons. The molecule has 0 fully saturated rings. The zero-order valence-electron chi connectivity index (χ0n) is 10.7. The van der Waals surface area contributed by atoms with E-state index in [0.717, 1.165) is 42.2 Å². The zero-order valence-corrected chi connectivity index (χ0v) is 11.5. The number of rotatable bonds is 3. The van der Waals surface area contributed by atoms with Crippen molar-refractivity contribution in [3.63, 3.8) is 0 Å². The van der Waals surface area contributed by atoms with E-state index < -0.39 is 0 Å². The molecule has 2 aromatic rings. The smallest absolute Gasteiger partial charge is 0.198 e. The number of fused-ring (bicyclic) bond motifs is 1. The minimum Gasteiger partial charge on any atom is -0.496 e. The monoisotopic (exact) mass is 273 g/mol. The highest BCUT2D eigenvalue weighted by Crippen LogP contribution is 2.26. The van der Waals surface area contributed by atoms with Crippen LogP contribution >= 0.6 is 12.2 Å². The molecule has 1 aliphatic rings. The summed E-state index contributed by atoms with van der Waals surface area (Å²) in [5.41, 5.74) is 3.51. The van der Waals surface area contributed by atoms with Crippen LogP contribution in [0.15, 0.2) is 24.3 Å². The Morgan fingerprint density at radius 2 is 2.21 bits per heavy atom. The summed E-state index contributed by atoms with van der Waals surface area (Å²) in [5, 5.41) is 3.27. The summed E-state index contributed by atoms with van der Waals surface area (Å²) in [4.78, 5) is 7.53. The van der Waals surface area contributed by atoms with Crippen molar-refractivity contribution in [1.82, 2.24) is 9.97 Å². The van der Waals surface area contributed by atoms with Gasteiger partial charge in [-0.25, -0.2) is 4.98 Å². The summed E-state index contributed by atoms with van der Waals surface area (Å²) < 4.78 is 5.92. The van der Waals surface area contributed by atoms with Gasteiger partial charge in [-0.15, -0.1) is 0 Å². The number of hydrogen-bond donors (Lipinski definition) is 2. The molecule has 0 aliphatic carbocycles. The average Bonchev–Trinajstić information content (AvgIpc) is 2.87. The minimum atomic E-state index is 0.526. The van der Waals surface area contributed by atoms with Crippen LogP contribution < -0.4 is 10.1 Å². The highest BCUT2D eigenvalue weighted by molar-refractivity contribution is 7.71. The minimum absolute atomic E-state index is 0.526. The molecule has 2 N–H and O–H groups in total. The topological polar surface area (TPSA) is 49.9 Å². The number of para-hydroxylation sites is 1. The molecule has 1 aromatic heterocycles. The van der Waals surface area contributed by atoms with E-state index in [4.69, 9.17) is 17.0 Å². The lowest BCUT2D eigenvalue weighted by molar-refractivity contribution is 0.410. The lowest BCUT2D eigenvalue weighted by Gasteiger charge is -2.10. The van der Waals surface area contributed by atoms with Crippen LogP contribution in [0.5, 0.6) is 5.75 Å². The van der Waals surface area contributed by atoms with Crippen LogP contribution in [0.1, 0.15) is 16.8 Å². The molecule has 0 radical (unpaired) electrons. The van der Waals surface area contributed by atoms with E-state index in [9.17, 15) is 0 Å². The number of benzene rings is 1. The largest absolute Gasteiger partial charge is 0.496 e. The van der Waals surface area contributed by atoms with Gasteiger partial charge in [-0.3, -0.25) is 0 Å². The van der Waals surface area contributed by atoms with Crippen LogP contribution in [-0.2, 0) is 12.8 Å². The van der Waals surface area contributed by atoms with Crippen LogP contribution in [-0.4, -0.2) is 23.6 Å². The summed E-state index contributed by atoms with van der Waals surface area (Å²) in [6.07, 6.45) is 1.76. The first-order valence-electron chi connectivity index (χ1n) is 6.26. The second-order valence-corrected chi connectivity index (χ2v) is 4.90. The van der Waals surface area contributed by atoms with Crippen LogP contribution in [0.2, 0.25) is 0 Å². The van der Waals surface area contributed by atoms with Crippen LogP contribution in [0.4, 0.5) is 5.82 Å². The van der Waals surface area contributed by atoms with Gasteiger partial charge in [-0.2, -0.15) is 0 Å². The molecule has 0 saturated heterocycles. The second kappa shape index (κ2) is 5.01. The maximum Gasteiger partial charge on any atom is 0.198 e. The average molecular weight is 273 g/mol. The van der Waals surface area contributed by atoms with Gasteiger partial charge in [-0.05, 0) is 30.3 Å². The van der Waals surface area contributed by atoms with Crippen molar-refractivity contribution in [2.75, 3.05) is 19.0 Å². The van der Waals surface area contributed by atoms with Crippen molar-refractivity contribution in [3.05, 3.63) is 45.9 Å². The maximum absolute atomic E-state index is 5.40. The predicted molar refractivity (Wildman–Crippen MR) is 77.4 cm³/mol. The van der Waals surface area contributed by atoms with Crippen LogP contribution in [0, 0.1) is 4.77 Å². The third-order valence-electron chi connectivity index (χ3n) is 3.35. The molecule has 2 heterocycles. The fraction of sp³-hybridized carbons (Fsp3) is 0.286. The van der Waals surface area contributed by atoms with Gasteiger partial charge in [0.05, 0.1) is 7.11 Å². The van der Waals surface area contributed by atoms with Gasteiger partial charge in [0, 0.05) is 24.2 Å². The van der Waals surface area contributed by atoms with E-state index >= 15 is 0 Å². The van der Waals surface area contributed by atoms with Gasteiger partial charge in [0.25, 0.3) is 0 Å². The summed E-state index contributed by atoms with van der Waals surface area (Å²) in [5.74, 6) is 1.83. The number of aromatic amines is 1. The summed E-state index contributed by atoms with van der Waals surface area (Å²) >= 11 is 5.18. The van der Waals surface area contributed by atoms with Gasteiger partial charge in [-0.1, -0.05) is 18.2 Å². The zero-order chi connectivity index (χ0) is 13.2.